The topological polar surface area (TPSA) is 84.4 Å². The van der Waals surface area contributed by atoms with E-state index < -0.39 is 4.92 Å². The molecule has 18 heavy (non-hydrogen) atoms. The van der Waals surface area contributed by atoms with Gasteiger partial charge in [0, 0.05) is 31.3 Å². The lowest BCUT2D eigenvalue weighted by atomic mass is 10.1. The smallest absolute Gasteiger partial charge is 0.271 e. The first-order chi connectivity index (χ1) is 8.47. The Balaban J connectivity index is 2.05. The molecule has 0 bridgehead atoms. The van der Waals surface area contributed by atoms with E-state index in [0.717, 1.165) is 0 Å². The number of benzene rings is 1. The lowest BCUT2D eigenvalue weighted by Crippen LogP contribution is -2.58. The third kappa shape index (κ3) is 2.69. The standard InChI is InChI=1S/C10H11ClN4O2S/c11-8-3-7(15(16)17)1-2-9(8)13-10(18)14-4-6(12)5-14/h1-3,6H,4-5,12H2,(H,13,18). The van der Waals surface area contributed by atoms with Crippen molar-refractivity contribution in [3.63, 3.8) is 0 Å². The average Bonchev–Trinajstić information content (AvgIpc) is 2.27. The summed E-state index contributed by atoms with van der Waals surface area (Å²) in [6.45, 7) is 1.41. The van der Waals surface area contributed by atoms with Gasteiger partial charge < -0.3 is 16.0 Å². The zero-order valence-corrected chi connectivity index (χ0v) is 10.9. The third-order valence-corrected chi connectivity index (χ3v) is 3.28. The number of thiocarbonyl (C=S) groups is 1. The largest absolute Gasteiger partial charge is 0.346 e. The number of nitro benzene ring substituents is 1. The molecule has 8 heteroatoms. The van der Waals surface area contributed by atoms with Crippen molar-refractivity contribution in [2.75, 3.05) is 18.4 Å². The van der Waals surface area contributed by atoms with E-state index in [2.05, 4.69) is 5.32 Å². The highest BCUT2D eigenvalue weighted by Crippen LogP contribution is 2.27. The number of rotatable bonds is 2. The molecule has 0 atom stereocenters. The molecule has 0 radical (unpaired) electrons. The predicted molar refractivity (Wildman–Crippen MR) is 73.9 cm³/mol. The molecule has 1 fully saturated rings. The molecule has 1 heterocycles. The Labute approximate surface area is 114 Å². The number of hydrogen-bond acceptors (Lipinski definition) is 4. The zero-order chi connectivity index (χ0) is 13.3. The zero-order valence-electron chi connectivity index (χ0n) is 9.30. The van der Waals surface area contributed by atoms with Gasteiger partial charge in [0.25, 0.3) is 5.69 Å². The minimum Gasteiger partial charge on any atom is -0.346 e. The molecule has 3 N–H and O–H groups in total. The summed E-state index contributed by atoms with van der Waals surface area (Å²) in [5.41, 5.74) is 6.15. The van der Waals surface area contributed by atoms with Gasteiger partial charge in [-0.1, -0.05) is 11.6 Å². The molecular formula is C10H11ClN4O2S. The molecule has 0 saturated carbocycles. The second-order valence-electron chi connectivity index (χ2n) is 4.02. The molecular weight excluding hydrogens is 276 g/mol. The van der Waals surface area contributed by atoms with E-state index in [1.165, 1.54) is 18.2 Å². The fourth-order valence-corrected chi connectivity index (χ4v) is 2.07. The Kier molecular flexibility index (Phi) is 3.65. The Hall–Kier alpha value is -1.44. The summed E-state index contributed by atoms with van der Waals surface area (Å²) in [7, 11) is 0. The van der Waals surface area contributed by atoms with Gasteiger partial charge in [-0.2, -0.15) is 0 Å². The molecule has 1 aliphatic heterocycles. The van der Waals surface area contributed by atoms with Crippen molar-refractivity contribution in [1.29, 1.82) is 0 Å². The minimum absolute atomic E-state index is 0.0533. The second-order valence-corrected chi connectivity index (χ2v) is 4.81. The molecule has 0 aliphatic carbocycles. The summed E-state index contributed by atoms with van der Waals surface area (Å²) >= 11 is 11.1. The van der Waals surface area contributed by atoms with Crippen LogP contribution in [0.2, 0.25) is 5.02 Å². The number of hydrogen-bond donors (Lipinski definition) is 2. The van der Waals surface area contributed by atoms with E-state index in [-0.39, 0.29) is 16.8 Å². The van der Waals surface area contributed by atoms with Gasteiger partial charge in [-0.3, -0.25) is 10.1 Å². The van der Waals surface area contributed by atoms with Gasteiger partial charge in [0.2, 0.25) is 0 Å². The van der Waals surface area contributed by atoms with Gasteiger partial charge in [-0.05, 0) is 18.3 Å². The van der Waals surface area contributed by atoms with Gasteiger partial charge >= 0.3 is 0 Å². The lowest BCUT2D eigenvalue weighted by Gasteiger charge is -2.38. The number of non-ortho nitro benzene ring substituents is 1. The van der Waals surface area contributed by atoms with Crippen molar-refractivity contribution in [2.45, 2.75) is 6.04 Å². The fourth-order valence-electron chi connectivity index (χ4n) is 1.59. The summed E-state index contributed by atoms with van der Waals surface area (Å²) < 4.78 is 0. The molecule has 0 unspecified atom stereocenters. The Bertz CT molecular complexity index is 505. The summed E-state index contributed by atoms with van der Waals surface area (Å²) in [6, 6.07) is 4.34. The van der Waals surface area contributed by atoms with E-state index in [1.807, 2.05) is 4.90 Å². The molecule has 6 nitrogen and oxygen atoms in total. The van der Waals surface area contributed by atoms with E-state index in [0.29, 0.717) is 23.9 Å². The predicted octanol–water partition coefficient (Wildman–Crippen LogP) is 1.59. The Morgan fingerprint density at radius 1 is 1.61 bits per heavy atom. The normalized spacial score (nSPS) is 15.1. The van der Waals surface area contributed by atoms with Gasteiger partial charge in [0.1, 0.15) is 0 Å². The van der Waals surface area contributed by atoms with Crippen LogP contribution in [0.1, 0.15) is 0 Å². The Morgan fingerprint density at radius 2 is 2.28 bits per heavy atom. The van der Waals surface area contributed by atoms with Crippen LogP contribution in [0.15, 0.2) is 18.2 Å². The maximum Gasteiger partial charge on any atom is 0.271 e. The quantitative estimate of drug-likeness (QED) is 0.488. The summed E-state index contributed by atoms with van der Waals surface area (Å²) in [4.78, 5) is 12.0. The number of nitrogens with two attached hydrogens (primary N) is 1. The molecule has 2 rings (SSSR count). The molecule has 96 valence electrons. The van der Waals surface area contributed by atoms with Crippen molar-refractivity contribution in [3.8, 4) is 0 Å². The first kappa shape index (κ1) is 13.0. The second kappa shape index (κ2) is 5.05. The van der Waals surface area contributed by atoms with Crippen LogP contribution < -0.4 is 11.1 Å². The molecule has 1 saturated heterocycles. The SMILES string of the molecule is NC1CN(C(=S)Nc2ccc([N+](=O)[O-])cc2Cl)C1. The molecule has 1 aliphatic rings. The lowest BCUT2D eigenvalue weighted by molar-refractivity contribution is -0.384. The molecule has 1 aromatic rings. The monoisotopic (exact) mass is 286 g/mol. The van der Waals surface area contributed by atoms with Crippen LogP contribution in [-0.4, -0.2) is 34.1 Å². The first-order valence-electron chi connectivity index (χ1n) is 5.23. The van der Waals surface area contributed by atoms with Crippen LogP contribution in [0.25, 0.3) is 0 Å². The van der Waals surface area contributed by atoms with E-state index in [4.69, 9.17) is 29.6 Å². The highest BCUT2D eigenvalue weighted by molar-refractivity contribution is 7.80. The average molecular weight is 287 g/mol. The fraction of sp³-hybridized carbons (Fsp3) is 0.300. The molecule has 0 spiro atoms. The van der Waals surface area contributed by atoms with Gasteiger partial charge in [0.15, 0.2) is 5.11 Å². The number of likely N-dealkylation sites (tertiary alicyclic amines) is 1. The van der Waals surface area contributed by atoms with Gasteiger partial charge in [-0.15, -0.1) is 0 Å². The number of anilines is 1. The van der Waals surface area contributed by atoms with Gasteiger partial charge in [0.05, 0.1) is 15.6 Å². The van der Waals surface area contributed by atoms with Crippen LogP contribution in [0.3, 0.4) is 0 Å². The van der Waals surface area contributed by atoms with Gasteiger partial charge in [-0.25, -0.2) is 0 Å². The Morgan fingerprint density at radius 3 is 2.78 bits per heavy atom. The number of nitrogens with zero attached hydrogens (tertiary/aromatic N) is 2. The molecule has 1 aromatic carbocycles. The van der Waals surface area contributed by atoms with Crippen LogP contribution >= 0.6 is 23.8 Å². The van der Waals surface area contributed by atoms with Crippen molar-refractivity contribution in [2.24, 2.45) is 5.73 Å². The number of nitro groups is 1. The van der Waals surface area contributed by atoms with Crippen molar-refractivity contribution >= 4 is 40.3 Å². The number of nitrogens with one attached hydrogen (secondary N) is 1. The summed E-state index contributed by atoms with van der Waals surface area (Å²) in [5.74, 6) is 0. The van der Waals surface area contributed by atoms with Crippen LogP contribution in [-0.2, 0) is 0 Å². The van der Waals surface area contributed by atoms with Crippen molar-refractivity contribution in [3.05, 3.63) is 33.3 Å². The van der Waals surface area contributed by atoms with E-state index in [1.54, 1.807) is 0 Å². The van der Waals surface area contributed by atoms with Crippen LogP contribution in [0.4, 0.5) is 11.4 Å². The van der Waals surface area contributed by atoms with Crippen LogP contribution in [0.5, 0.6) is 0 Å². The van der Waals surface area contributed by atoms with Crippen molar-refractivity contribution < 1.29 is 4.92 Å². The first-order valence-corrected chi connectivity index (χ1v) is 6.01. The maximum absolute atomic E-state index is 10.6. The highest BCUT2D eigenvalue weighted by Gasteiger charge is 2.25. The minimum atomic E-state index is -0.498. The number of halogens is 1. The third-order valence-electron chi connectivity index (χ3n) is 2.60. The summed E-state index contributed by atoms with van der Waals surface area (Å²) in [6.07, 6.45) is 0. The maximum atomic E-state index is 10.6. The van der Waals surface area contributed by atoms with E-state index in [9.17, 15) is 10.1 Å². The summed E-state index contributed by atoms with van der Waals surface area (Å²) in [5, 5.41) is 14.3. The van der Waals surface area contributed by atoms with Crippen molar-refractivity contribution in [1.82, 2.24) is 4.90 Å². The highest BCUT2D eigenvalue weighted by atomic mass is 35.5. The van der Waals surface area contributed by atoms with E-state index >= 15 is 0 Å². The molecule has 0 amide bonds. The van der Waals surface area contributed by atoms with Crippen LogP contribution in [0, 0.1) is 10.1 Å². The molecule has 0 aromatic heterocycles.